The summed E-state index contributed by atoms with van der Waals surface area (Å²) in [6, 6.07) is 4.01. The molecule has 1 fully saturated rings. The number of hydrogen-bond acceptors (Lipinski definition) is 4. The van der Waals surface area contributed by atoms with Gasteiger partial charge in [-0.2, -0.15) is 0 Å². The van der Waals surface area contributed by atoms with Crippen molar-refractivity contribution in [3.05, 3.63) is 23.7 Å². The summed E-state index contributed by atoms with van der Waals surface area (Å²) in [5.74, 6) is 1.21. The van der Waals surface area contributed by atoms with Crippen LogP contribution in [-0.4, -0.2) is 54.5 Å². The van der Waals surface area contributed by atoms with Crippen molar-refractivity contribution < 1.29 is 9.21 Å². The average molecular weight is 265 g/mol. The summed E-state index contributed by atoms with van der Waals surface area (Å²) < 4.78 is 5.39. The Bertz CT molecular complexity index is 418. The van der Waals surface area contributed by atoms with Crippen molar-refractivity contribution in [1.82, 2.24) is 9.80 Å². The third-order valence-corrected chi connectivity index (χ3v) is 3.81. The average Bonchev–Trinajstić information content (AvgIpc) is 2.87. The van der Waals surface area contributed by atoms with Crippen LogP contribution in [0.2, 0.25) is 0 Å². The van der Waals surface area contributed by atoms with Gasteiger partial charge in [-0.25, -0.2) is 0 Å². The Morgan fingerprint density at radius 3 is 2.53 bits per heavy atom. The van der Waals surface area contributed by atoms with Gasteiger partial charge in [0.2, 0.25) is 0 Å². The van der Waals surface area contributed by atoms with Crippen LogP contribution >= 0.6 is 0 Å². The quantitative estimate of drug-likeness (QED) is 0.885. The van der Waals surface area contributed by atoms with Gasteiger partial charge in [-0.1, -0.05) is 6.92 Å². The van der Waals surface area contributed by atoms with E-state index >= 15 is 0 Å². The summed E-state index contributed by atoms with van der Waals surface area (Å²) in [6.45, 7) is 7.96. The molecule has 2 rings (SSSR count). The van der Waals surface area contributed by atoms with Gasteiger partial charge in [0.1, 0.15) is 5.76 Å². The van der Waals surface area contributed by atoms with Crippen molar-refractivity contribution in [2.45, 2.75) is 26.3 Å². The number of piperazine rings is 1. The fourth-order valence-electron chi connectivity index (χ4n) is 2.57. The van der Waals surface area contributed by atoms with Gasteiger partial charge in [-0.3, -0.25) is 9.69 Å². The van der Waals surface area contributed by atoms with E-state index < -0.39 is 0 Å². The minimum atomic E-state index is -0.00598. The van der Waals surface area contributed by atoms with Crippen LogP contribution in [0.25, 0.3) is 0 Å². The first-order chi connectivity index (χ1) is 9.15. The first-order valence-corrected chi connectivity index (χ1v) is 6.95. The zero-order valence-corrected chi connectivity index (χ0v) is 11.8. The molecule has 5 heteroatoms. The lowest BCUT2D eigenvalue weighted by Gasteiger charge is -2.38. The molecule has 2 heterocycles. The molecular weight excluding hydrogens is 242 g/mol. The molecule has 1 amide bonds. The van der Waals surface area contributed by atoms with Crippen LogP contribution in [0.1, 0.15) is 29.7 Å². The van der Waals surface area contributed by atoms with Gasteiger partial charge in [0.05, 0.1) is 0 Å². The molecule has 0 spiro atoms. The molecule has 1 unspecified atom stereocenters. The fourth-order valence-corrected chi connectivity index (χ4v) is 2.57. The zero-order valence-electron chi connectivity index (χ0n) is 11.8. The van der Waals surface area contributed by atoms with E-state index in [2.05, 4.69) is 11.8 Å². The molecule has 106 valence electrons. The third-order valence-electron chi connectivity index (χ3n) is 3.81. The van der Waals surface area contributed by atoms with Gasteiger partial charge >= 0.3 is 0 Å². The van der Waals surface area contributed by atoms with E-state index in [1.807, 2.05) is 17.9 Å². The Hall–Kier alpha value is -1.33. The molecule has 0 radical (unpaired) electrons. The van der Waals surface area contributed by atoms with Crippen molar-refractivity contribution >= 4 is 5.91 Å². The van der Waals surface area contributed by atoms with E-state index in [1.165, 1.54) is 0 Å². The highest BCUT2D eigenvalue weighted by molar-refractivity contribution is 5.91. The van der Waals surface area contributed by atoms with Gasteiger partial charge in [-0.05, 0) is 25.5 Å². The number of amides is 1. The summed E-state index contributed by atoms with van der Waals surface area (Å²) in [6.07, 6.45) is 1.06. The molecule has 5 nitrogen and oxygen atoms in total. The highest BCUT2D eigenvalue weighted by Gasteiger charge is 2.26. The van der Waals surface area contributed by atoms with Crippen molar-refractivity contribution in [3.63, 3.8) is 0 Å². The Labute approximate surface area is 114 Å². The SMILES string of the molecule is CCC(CN)N1CCN(C(=O)c2ccc(C)o2)CC1. The van der Waals surface area contributed by atoms with Gasteiger partial charge in [0.25, 0.3) is 5.91 Å². The summed E-state index contributed by atoms with van der Waals surface area (Å²) in [7, 11) is 0. The molecule has 0 aromatic carbocycles. The number of nitrogens with two attached hydrogens (primary N) is 1. The molecular formula is C14H23N3O2. The number of nitrogens with zero attached hydrogens (tertiary/aromatic N) is 2. The lowest BCUT2D eigenvalue weighted by atomic mass is 10.1. The van der Waals surface area contributed by atoms with Gasteiger partial charge in [0, 0.05) is 38.8 Å². The third kappa shape index (κ3) is 3.16. The van der Waals surface area contributed by atoms with Crippen LogP contribution in [0.4, 0.5) is 0 Å². The predicted molar refractivity (Wildman–Crippen MR) is 74.1 cm³/mol. The molecule has 1 atom stereocenters. The monoisotopic (exact) mass is 265 g/mol. The van der Waals surface area contributed by atoms with E-state index in [9.17, 15) is 4.79 Å². The first-order valence-electron chi connectivity index (χ1n) is 6.95. The highest BCUT2D eigenvalue weighted by atomic mass is 16.3. The molecule has 1 aliphatic rings. The van der Waals surface area contributed by atoms with Gasteiger partial charge < -0.3 is 15.1 Å². The van der Waals surface area contributed by atoms with Crippen LogP contribution in [0.15, 0.2) is 16.5 Å². The second kappa shape index (κ2) is 6.21. The number of hydrogen-bond donors (Lipinski definition) is 1. The van der Waals surface area contributed by atoms with Crippen molar-refractivity contribution in [1.29, 1.82) is 0 Å². The maximum atomic E-state index is 12.2. The van der Waals surface area contributed by atoms with E-state index in [1.54, 1.807) is 6.07 Å². The fraction of sp³-hybridized carbons (Fsp3) is 0.643. The van der Waals surface area contributed by atoms with Crippen LogP contribution in [0.5, 0.6) is 0 Å². The Morgan fingerprint density at radius 2 is 2.05 bits per heavy atom. The molecule has 1 aliphatic heterocycles. The Kier molecular flexibility index (Phi) is 4.61. The smallest absolute Gasteiger partial charge is 0.289 e. The number of rotatable bonds is 4. The van der Waals surface area contributed by atoms with Crippen molar-refractivity contribution in [3.8, 4) is 0 Å². The first kappa shape index (κ1) is 14.1. The van der Waals surface area contributed by atoms with Crippen molar-refractivity contribution in [2.24, 2.45) is 5.73 Å². The lowest BCUT2D eigenvalue weighted by molar-refractivity contribution is 0.0542. The second-order valence-corrected chi connectivity index (χ2v) is 5.04. The largest absolute Gasteiger partial charge is 0.456 e. The standard InChI is InChI=1S/C14H23N3O2/c1-3-12(10-15)16-6-8-17(9-7-16)14(18)13-5-4-11(2)19-13/h4-5,12H,3,6-10,15H2,1-2H3. The summed E-state index contributed by atoms with van der Waals surface area (Å²) in [5, 5.41) is 0. The normalized spacial score (nSPS) is 18.6. The number of aryl methyl sites for hydroxylation is 1. The van der Waals surface area contributed by atoms with Gasteiger partial charge in [-0.15, -0.1) is 0 Å². The van der Waals surface area contributed by atoms with Crippen LogP contribution in [0.3, 0.4) is 0 Å². The van der Waals surface area contributed by atoms with E-state index in [0.717, 1.165) is 38.4 Å². The van der Waals surface area contributed by atoms with E-state index in [4.69, 9.17) is 10.2 Å². The summed E-state index contributed by atoms with van der Waals surface area (Å²) >= 11 is 0. The number of carbonyl (C=O) groups excluding carboxylic acids is 1. The molecule has 19 heavy (non-hydrogen) atoms. The maximum absolute atomic E-state index is 12.2. The van der Waals surface area contributed by atoms with Crippen molar-refractivity contribution in [2.75, 3.05) is 32.7 Å². The number of carbonyl (C=O) groups is 1. The van der Waals surface area contributed by atoms with Crippen LogP contribution < -0.4 is 5.73 Å². The minimum absolute atomic E-state index is 0.00598. The molecule has 1 aromatic rings. The van der Waals surface area contributed by atoms with E-state index in [0.29, 0.717) is 18.3 Å². The molecule has 2 N–H and O–H groups in total. The molecule has 1 aromatic heterocycles. The second-order valence-electron chi connectivity index (χ2n) is 5.04. The highest BCUT2D eigenvalue weighted by Crippen LogP contribution is 2.13. The van der Waals surface area contributed by atoms with E-state index in [-0.39, 0.29) is 5.91 Å². The molecule has 0 aliphatic carbocycles. The summed E-state index contributed by atoms with van der Waals surface area (Å²) in [5.41, 5.74) is 5.77. The molecule has 0 bridgehead atoms. The molecule has 0 saturated carbocycles. The molecule has 1 saturated heterocycles. The van der Waals surface area contributed by atoms with Gasteiger partial charge in [0.15, 0.2) is 5.76 Å². The minimum Gasteiger partial charge on any atom is -0.456 e. The predicted octanol–water partition coefficient (Wildman–Crippen LogP) is 1.08. The zero-order chi connectivity index (χ0) is 13.8. The summed E-state index contributed by atoms with van der Waals surface area (Å²) in [4.78, 5) is 16.4. The number of furan rings is 1. The van der Waals surface area contributed by atoms with Crippen LogP contribution in [-0.2, 0) is 0 Å². The topological polar surface area (TPSA) is 62.7 Å². The Morgan fingerprint density at radius 1 is 1.37 bits per heavy atom. The Balaban J connectivity index is 1.91. The lowest BCUT2D eigenvalue weighted by Crippen LogP contribution is -2.53. The maximum Gasteiger partial charge on any atom is 0.289 e. The van der Waals surface area contributed by atoms with Crippen LogP contribution in [0, 0.1) is 6.92 Å².